The number of carbonyl (C=O) groups is 1. The average Bonchev–Trinajstić information content (AvgIpc) is 2.76. The Bertz CT molecular complexity index is 1000. The van der Waals surface area contributed by atoms with Gasteiger partial charge in [-0.25, -0.2) is 17.2 Å². The Morgan fingerprint density at radius 1 is 1.26 bits per heavy atom. The first kappa shape index (κ1) is 19.4. The number of sulfonamides is 1. The largest absolute Gasteiger partial charge is 0.478 e. The Hall–Kier alpha value is -2.39. The monoisotopic (exact) mass is 416 g/mol. The quantitative estimate of drug-likeness (QED) is 0.833. The van der Waals surface area contributed by atoms with Gasteiger partial charge in [-0.2, -0.15) is 0 Å². The lowest BCUT2D eigenvalue weighted by Crippen LogP contribution is -2.36. The number of hydrogen-bond acceptors (Lipinski definition) is 4. The van der Waals surface area contributed by atoms with Crippen LogP contribution in [-0.4, -0.2) is 33.2 Å². The van der Waals surface area contributed by atoms with Crippen LogP contribution in [0.4, 0.5) is 20.2 Å². The second-order valence-corrected chi connectivity index (χ2v) is 8.30. The van der Waals surface area contributed by atoms with Gasteiger partial charge in [0.15, 0.2) is 6.10 Å². The van der Waals surface area contributed by atoms with Crippen molar-refractivity contribution in [3.05, 3.63) is 53.1 Å². The number of fused-ring (bicyclic) bond motifs is 1. The Morgan fingerprint density at radius 2 is 2.00 bits per heavy atom. The summed E-state index contributed by atoms with van der Waals surface area (Å²) in [6.07, 6.45) is -0.0267. The van der Waals surface area contributed by atoms with Gasteiger partial charge in [0.25, 0.3) is 5.91 Å². The van der Waals surface area contributed by atoms with E-state index in [1.165, 1.54) is 18.2 Å². The number of ether oxygens (including phenoxy) is 1. The highest BCUT2D eigenvalue weighted by atomic mass is 35.5. The van der Waals surface area contributed by atoms with Crippen LogP contribution in [0.15, 0.2) is 36.4 Å². The van der Waals surface area contributed by atoms with Crippen molar-refractivity contribution >= 4 is 38.9 Å². The van der Waals surface area contributed by atoms with Gasteiger partial charge >= 0.3 is 0 Å². The average molecular weight is 417 g/mol. The van der Waals surface area contributed by atoms with Gasteiger partial charge in [0.2, 0.25) is 10.0 Å². The summed E-state index contributed by atoms with van der Waals surface area (Å²) in [7, 11) is -3.64. The number of hydrogen-bond donors (Lipinski definition) is 1. The summed E-state index contributed by atoms with van der Waals surface area (Å²) in [4.78, 5) is 12.5. The molecule has 0 spiro atoms. The van der Waals surface area contributed by atoms with Crippen LogP contribution in [0.1, 0.15) is 6.42 Å². The number of amides is 1. The minimum Gasteiger partial charge on any atom is -0.478 e. The zero-order valence-corrected chi connectivity index (χ0v) is 15.7. The summed E-state index contributed by atoms with van der Waals surface area (Å²) in [5, 5.41) is 2.64. The van der Waals surface area contributed by atoms with Crippen molar-refractivity contribution in [3.8, 4) is 5.75 Å². The molecule has 0 bridgehead atoms. The molecule has 0 aliphatic carbocycles. The maximum absolute atomic E-state index is 13.8. The van der Waals surface area contributed by atoms with Crippen LogP contribution in [-0.2, 0) is 14.8 Å². The van der Waals surface area contributed by atoms with Crippen molar-refractivity contribution in [2.75, 3.05) is 22.4 Å². The number of benzene rings is 2. The van der Waals surface area contributed by atoms with Gasteiger partial charge in [0.1, 0.15) is 17.4 Å². The molecule has 1 aliphatic heterocycles. The van der Waals surface area contributed by atoms with Crippen LogP contribution >= 0.6 is 11.6 Å². The van der Waals surface area contributed by atoms with Crippen molar-refractivity contribution in [2.45, 2.75) is 12.5 Å². The van der Waals surface area contributed by atoms with E-state index in [4.69, 9.17) is 16.3 Å². The number of nitrogens with zero attached hydrogens (tertiary/aromatic N) is 1. The van der Waals surface area contributed by atoms with Crippen molar-refractivity contribution in [3.63, 3.8) is 0 Å². The minimum absolute atomic E-state index is 0.0218. The molecular formula is C17H15ClF2N2O4S. The highest BCUT2D eigenvalue weighted by Gasteiger charge is 2.31. The Kier molecular flexibility index (Phi) is 5.25. The van der Waals surface area contributed by atoms with E-state index in [9.17, 15) is 22.0 Å². The summed E-state index contributed by atoms with van der Waals surface area (Å²) >= 11 is 5.95. The Labute approximate surface area is 159 Å². The van der Waals surface area contributed by atoms with Crippen LogP contribution < -0.4 is 14.4 Å². The summed E-state index contributed by atoms with van der Waals surface area (Å²) in [6, 6.07) is 7.13. The second kappa shape index (κ2) is 7.32. The van der Waals surface area contributed by atoms with Gasteiger partial charge in [-0.05, 0) is 30.3 Å². The molecule has 0 fully saturated rings. The standard InChI is InChI=1S/C17H15ClF2N2O4S/c1-27(24,25)22-7-6-16(26-15-5-2-10(18)8-14(15)22)17(23)21-13-4-3-11(19)9-12(13)20/h2-5,8-9,16H,6-7H2,1H3,(H,21,23)/t16-/m1/s1. The topological polar surface area (TPSA) is 75.7 Å². The molecule has 0 unspecified atom stereocenters. The van der Waals surface area contributed by atoms with Crippen molar-refractivity contribution in [1.29, 1.82) is 0 Å². The summed E-state index contributed by atoms with van der Waals surface area (Å²) < 4.78 is 57.7. The summed E-state index contributed by atoms with van der Waals surface area (Å²) in [6.45, 7) is -0.0316. The van der Waals surface area contributed by atoms with E-state index >= 15 is 0 Å². The van der Waals surface area contributed by atoms with E-state index in [0.717, 1.165) is 22.7 Å². The van der Waals surface area contributed by atoms with Crippen LogP contribution in [0.3, 0.4) is 0 Å². The molecule has 0 aromatic heterocycles. The van der Waals surface area contributed by atoms with Crippen LogP contribution in [0.2, 0.25) is 5.02 Å². The smallest absolute Gasteiger partial charge is 0.265 e. The van der Waals surface area contributed by atoms with Gasteiger partial charge in [-0.3, -0.25) is 9.10 Å². The highest BCUT2D eigenvalue weighted by molar-refractivity contribution is 7.92. The van der Waals surface area contributed by atoms with Gasteiger partial charge in [0.05, 0.1) is 17.6 Å². The van der Waals surface area contributed by atoms with Crippen LogP contribution in [0, 0.1) is 11.6 Å². The summed E-state index contributed by atoms with van der Waals surface area (Å²) in [5.41, 5.74) is 0.0128. The van der Waals surface area contributed by atoms with E-state index in [-0.39, 0.29) is 30.1 Å². The third-order valence-corrected chi connectivity index (χ3v) is 5.35. The third kappa shape index (κ3) is 4.30. The molecule has 3 rings (SSSR count). The SMILES string of the molecule is CS(=O)(=O)N1CC[C@H](C(=O)Nc2ccc(F)cc2F)Oc2ccc(Cl)cc21. The molecule has 1 N–H and O–H groups in total. The second-order valence-electron chi connectivity index (χ2n) is 5.96. The molecule has 1 heterocycles. The fourth-order valence-electron chi connectivity index (χ4n) is 2.69. The highest BCUT2D eigenvalue weighted by Crippen LogP contribution is 2.36. The minimum atomic E-state index is -3.64. The first-order chi connectivity index (χ1) is 12.6. The van der Waals surface area contributed by atoms with E-state index < -0.39 is 33.7 Å². The molecule has 2 aromatic carbocycles. The molecule has 27 heavy (non-hydrogen) atoms. The predicted octanol–water partition coefficient (Wildman–Crippen LogP) is 3.17. The van der Waals surface area contributed by atoms with E-state index in [2.05, 4.69) is 5.32 Å². The molecule has 0 radical (unpaired) electrons. The number of rotatable bonds is 3. The fourth-order valence-corrected chi connectivity index (χ4v) is 3.79. The van der Waals surface area contributed by atoms with Crippen molar-refractivity contribution in [1.82, 2.24) is 0 Å². The number of carbonyl (C=O) groups excluding carboxylic acids is 1. The zero-order chi connectivity index (χ0) is 19.8. The lowest BCUT2D eigenvalue weighted by atomic mass is 10.2. The number of halogens is 3. The molecule has 144 valence electrons. The van der Waals surface area contributed by atoms with Crippen molar-refractivity contribution in [2.24, 2.45) is 0 Å². The molecule has 0 saturated carbocycles. The first-order valence-corrected chi connectivity index (χ1v) is 10.1. The van der Waals surface area contributed by atoms with Crippen molar-refractivity contribution < 1.29 is 26.7 Å². The normalized spacial score (nSPS) is 16.9. The zero-order valence-electron chi connectivity index (χ0n) is 14.1. The van der Waals surface area contributed by atoms with Gasteiger partial charge in [-0.1, -0.05) is 11.6 Å². The van der Waals surface area contributed by atoms with E-state index in [1.54, 1.807) is 0 Å². The van der Waals surface area contributed by atoms with Gasteiger partial charge in [-0.15, -0.1) is 0 Å². The number of nitrogens with one attached hydrogen (secondary N) is 1. The van der Waals surface area contributed by atoms with E-state index in [0.29, 0.717) is 11.1 Å². The molecule has 6 nitrogen and oxygen atoms in total. The fraction of sp³-hybridized carbons (Fsp3) is 0.235. The Morgan fingerprint density at radius 3 is 2.67 bits per heavy atom. The Balaban J connectivity index is 1.88. The third-order valence-electron chi connectivity index (χ3n) is 3.94. The molecule has 0 saturated heterocycles. The van der Waals surface area contributed by atoms with Crippen LogP contribution in [0.5, 0.6) is 5.75 Å². The molecule has 2 aromatic rings. The maximum atomic E-state index is 13.8. The maximum Gasteiger partial charge on any atom is 0.265 e. The van der Waals surface area contributed by atoms with Gasteiger partial charge < -0.3 is 10.1 Å². The lowest BCUT2D eigenvalue weighted by molar-refractivity contribution is -0.122. The summed E-state index contributed by atoms with van der Waals surface area (Å²) in [5.74, 6) is -2.23. The predicted molar refractivity (Wildman–Crippen MR) is 97.7 cm³/mol. The molecule has 1 aliphatic rings. The number of anilines is 2. The molecule has 1 amide bonds. The van der Waals surface area contributed by atoms with E-state index in [1.807, 2.05) is 0 Å². The lowest BCUT2D eigenvalue weighted by Gasteiger charge is -2.21. The first-order valence-electron chi connectivity index (χ1n) is 7.85. The molecule has 10 heteroatoms. The van der Waals surface area contributed by atoms with Crippen LogP contribution in [0.25, 0.3) is 0 Å². The molecule has 1 atom stereocenters. The molecular weight excluding hydrogens is 402 g/mol. The van der Waals surface area contributed by atoms with Gasteiger partial charge in [0, 0.05) is 24.1 Å².